The molecule has 2 aliphatic rings. The second-order valence-corrected chi connectivity index (χ2v) is 4.92. The Morgan fingerprint density at radius 1 is 1.31 bits per heavy atom. The van der Waals surface area contributed by atoms with Gasteiger partial charge < -0.3 is 14.2 Å². The monoisotopic (exact) mass is 221 g/mol. The summed E-state index contributed by atoms with van der Waals surface area (Å²) in [6.07, 6.45) is 5.74. The molecule has 0 bridgehead atoms. The first-order valence-corrected chi connectivity index (χ1v) is 5.92. The summed E-state index contributed by atoms with van der Waals surface area (Å²) in [5.41, 5.74) is 2.64. The maximum Gasteiger partial charge on any atom is 0.494 e. The highest BCUT2D eigenvalue weighted by Crippen LogP contribution is 2.28. The summed E-state index contributed by atoms with van der Waals surface area (Å²) in [5, 5.41) is 0. The van der Waals surface area contributed by atoms with Crippen LogP contribution in [0.4, 0.5) is 0 Å². The topological polar surface area (TPSA) is 21.7 Å². The van der Waals surface area contributed by atoms with E-state index in [0.717, 1.165) is 13.0 Å². The normalized spacial score (nSPS) is 29.9. The lowest BCUT2D eigenvalue weighted by atomic mass is 9.76. The number of rotatable bonds is 3. The van der Waals surface area contributed by atoms with Gasteiger partial charge in [0.25, 0.3) is 0 Å². The molecule has 2 rings (SSSR count). The quantitative estimate of drug-likeness (QED) is 0.676. The third-order valence-corrected chi connectivity index (χ3v) is 3.17. The van der Waals surface area contributed by atoms with Crippen molar-refractivity contribution in [2.24, 2.45) is 0 Å². The van der Waals surface area contributed by atoms with Gasteiger partial charge in [0, 0.05) is 6.54 Å². The minimum absolute atomic E-state index is 0.154. The minimum Gasteiger partial charge on any atom is -0.402 e. The molecule has 4 heteroatoms. The first-order valence-electron chi connectivity index (χ1n) is 5.92. The maximum atomic E-state index is 5.82. The van der Waals surface area contributed by atoms with Crippen molar-refractivity contribution in [2.75, 3.05) is 20.6 Å². The van der Waals surface area contributed by atoms with Crippen LogP contribution in [-0.4, -0.2) is 44.9 Å². The van der Waals surface area contributed by atoms with E-state index in [2.05, 4.69) is 45.0 Å². The molecule has 0 radical (unpaired) electrons. The SMILES string of the molecule is C[C@H]1OB(C2=C(CN(C)C)CC=C2)O[C@@H]1C. The summed E-state index contributed by atoms with van der Waals surface area (Å²) in [7, 11) is 4.02. The predicted molar refractivity (Wildman–Crippen MR) is 66.2 cm³/mol. The first-order chi connectivity index (χ1) is 7.58. The Kier molecular flexibility index (Phi) is 3.52. The third kappa shape index (κ3) is 2.39. The molecule has 2 atom stereocenters. The Bertz CT molecular complexity index is 315. The predicted octanol–water partition coefficient (Wildman–Crippen LogP) is 1.66. The van der Waals surface area contributed by atoms with Crippen molar-refractivity contribution in [1.29, 1.82) is 0 Å². The van der Waals surface area contributed by atoms with Gasteiger partial charge in [-0.2, -0.15) is 0 Å². The summed E-state index contributed by atoms with van der Waals surface area (Å²) < 4.78 is 11.6. The van der Waals surface area contributed by atoms with Crippen LogP contribution in [0.1, 0.15) is 20.3 Å². The minimum atomic E-state index is -0.154. The summed E-state index contributed by atoms with van der Waals surface area (Å²) in [4.78, 5) is 2.18. The van der Waals surface area contributed by atoms with Gasteiger partial charge in [0.05, 0.1) is 12.2 Å². The molecule has 0 aromatic rings. The molecule has 88 valence electrons. The van der Waals surface area contributed by atoms with Crippen LogP contribution in [0.25, 0.3) is 0 Å². The van der Waals surface area contributed by atoms with Gasteiger partial charge in [-0.25, -0.2) is 0 Å². The Morgan fingerprint density at radius 3 is 2.50 bits per heavy atom. The molecule has 0 spiro atoms. The van der Waals surface area contributed by atoms with E-state index in [9.17, 15) is 0 Å². The zero-order valence-corrected chi connectivity index (χ0v) is 10.6. The van der Waals surface area contributed by atoms with Crippen LogP contribution in [0.15, 0.2) is 23.2 Å². The van der Waals surface area contributed by atoms with E-state index in [-0.39, 0.29) is 19.3 Å². The molecule has 0 saturated carbocycles. The third-order valence-electron chi connectivity index (χ3n) is 3.17. The molecule has 0 aromatic carbocycles. The van der Waals surface area contributed by atoms with Gasteiger partial charge in [-0.05, 0) is 39.8 Å². The van der Waals surface area contributed by atoms with E-state index in [0.29, 0.717) is 0 Å². The second-order valence-electron chi connectivity index (χ2n) is 4.92. The van der Waals surface area contributed by atoms with Gasteiger partial charge in [-0.15, -0.1) is 0 Å². The summed E-state index contributed by atoms with van der Waals surface area (Å²) in [5.74, 6) is 0. The Labute approximate surface area is 98.2 Å². The van der Waals surface area contributed by atoms with Gasteiger partial charge in [0.1, 0.15) is 0 Å². The summed E-state index contributed by atoms with van der Waals surface area (Å²) in [6.45, 7) is 5.11. The van der Waals surface area contributed by atoms with Crippen LogP contribution >= 0.6 is 0 Å². The van der Waals surface area contributed by atoms with Crippen LogP contribution < -0.4 is 0 Å². The molecule has 1 aliphatic heterocycles. The fourth-order valence-corrected chi connectivity index (χ4v) is 2.14. The van der Waals surface area contributed by atoms with Gasteiger partial charge in [-0.3, -0.25) is 0 Å². The van der Waals surface area contributed by atoms with Gasteiger partial charge >= 0.3 is 7.12 Å². The number of likely N-dealkylation sites (N-methyl/N-ethyl adjacent to an activating group) is 1. The van der Waals surface area contributed by atoms with Crippen LogP contribution in [0.2, 0.25) is 0 Å². The lowest BCUT2D eigenvalue weighted by Crippen LogP contribution is -2.22. The molecular formula is C12H20BNO2. The number of hydrogen-bond donors (Lipinski definition) is 0. The first kappa shape index (κ1) is 11.9. The molecule has 3 nitrogen and oxygen atoms in total. The Hall–Kier alpha value is -0.575. The van der Waals surface area contributed by atoms with Crippen molar-refractivity contribution in [3.05, 3.63) is 23.2 Å². The van der Waals surface area contributed by atoms with Crippen LogP contribution in [0.5, 0.6) is 0 Å². The van der Waals surface area contributed by atoms with E-state index in [1.54, 1.807) is 0 Å². The highest BCUT2D eigenvalue weighted by molar-refractivity contribution is 6.55. The number of nitrogens with zero attached hydrogens (tertiary/aromatic N) is 1. The molecule has 16 heavy (non-hydrogen) atoms. The largest absolute Gasteiger partial charge is 0.494 e. The highest BCUT2D eigenvalue weighted by Gasteiger charge is 2.38. The molecule has 0 aromatic heterocycles. The standard InChI is InChI=1S/C12H20BNO2/c1-9-10(2)16-13(15-9)12-7-5-6-11(12)8-14(3)4/h5,7,9-10H,6,8H2,1-4H3/t9-,10-/m1/s1. The van der Waals surface area contributed by atoms with E-state index in [1.165, 1.54) is 11.0 Å². The highest BCUT2D eigenvalue weighted by atomic mass is 16.7. The van der Waals surface area contributed by atoms with Gasteiger partial charge in [0.15, 0.2) is 0 Å². The van der Waals surface area contributed by atoms with E-state index >= 15 is 0 Å². The van der Waals surface area contributed by atoms with E-state index in [4.69, 9.17) is 9.31 Å². The van der Waals surface area contributed by atoms with Crippen molar-refractivity contribution in [1.82, 2.24) is 4.90 Å². The average Bonchev–Trinajstić information content (AvgIpc) is 2.74. The lowest BCUT2D eigenvalue weighted by molar-refractivity contribution is 0.187. The Morgan fingerprint density at radius 2 is 1.94 bits per heavy atom. The molecular weight excluding hydrogens is 201 g/mol. The summed E-state index contributed by atoms with van der Waals surface area (Å²) in [6, 6.07) is 0. The summed E-state index contributed by atoms with van der Waals surface area (Å²) >= 11 is 0. The smallest absolute Gasteiger partial charge is 0.402 e. The van der Waals surface area contributed by atoms with E-state index < -0.39 is 0 Å². The van der Waals surface area contributed by atoms with Crippen LogP contribution in [0.3, 0.4) is 0 Å². The molecule has 0 unspecified atom stereocenters. The molecule has 0 N–H and O–H groups in total. The molecule has 1 saturated heterocycles. The van der Waals surface area contributed by atoms with Gasteiger partial charge in [0.2, 0.25) is 0 Å². The Balaban J connectivity index is 2.09. The maximum absolute atomic E-state index is 5.82. The fourth-order valence-electron chi connectivity index (χ4n) is 2.14. The number of allylic oxidation sites excluding steroid dienone is 3. The van der Waals surface area contributed by atoms with Crippen molar-refractivity contribution >= 4 is 7.12 Å². The molecule has 1 aliphatic carbocycles. The molecule has 0 amide bonds. The molecule has 1 fully saturated rings. The van der Waals surface area contributed by atoms with Gasteiger partial charge in [-0.1, -0.05) is 17.7 Å². The van der Waals surface area contributed by atoms with Crippen molar-refractivity contribution < 1.29 is 9.31 Å². The number of hydrogen-bond acceptors (Lipinski definition) is 3. The zero-order chi connectivity index (χ0) is 11.7. The molecule has 1 heterocycles. The van der Waals surface area contributed by atoms with Crippen LogP contribution in [-0.2, 0) is 9.31 Å². The lowest BCUT2D eigenvalue weighted by Gasteiger charge is -2.14. The van der Waals surface area contributed by atoms with Crippen molar-refractivity contribution in [3.8, 4) is 0 Å². The van der Waals surface area contributed by atoms with Crippen molar-refractivity contribution in [3.63, 3.8) is 0 Å². The zero-order valence-electron chi connectivity index (χ0n) is 10.6. The van der Waals surface area contributed by atoms with Crippen LogP contribution in [0, 0.1) is 0 Å². The second kappa shape index (κ2) is 4.74. The fraction of sp³-hybridized carbons (Fsp3) is 0.667. The van der Waals surface area contributed by atoms with Crippen molar-refractivity contribution in [2.45, 2.75) is 32.5 Å². The average molecular weight is 221 g/mol. The van der Waals surface area contributed by atoms with E-state index in [1.807, 2.05) is 0 Å².